The first-order chi connectivity index (χ1) is 10.6. The van der Waals surface area contributed by atoms with Crippen LogP contribution in [-0.2, 0) is 0 Å². The van der Waals surface area contributed by atoms with Gasteiger partial charge in [0, 0.05) is 31.9 Å². The number of nitro groups is 1. The second-order valence-electron chi connectivity index (χ2n) is 5.26. The molecule has 0 bridgehead atoms. The van der Waals surface area contributed by atoms with E-state index in [-0.39, 0.29) is 5.69 Å². The molecule has 7 heteroatoms. The number of nitrogens with zero attached hydrogens (tertiary/aromatic N) is 5. The van der Waals surface area contributed by atoms with E-state index in [1.165, 1.54) is 23.6 Å². The molecule has 0 saturated carbocycles. The van der Waals surface area contributed by atoms with Crippen molar-refractivity contribution in [2.75, 3.05) is 36.0 Å². The van der Waals surface area contributed by atoms with Crippen molar-refractivity contribution >= 4 is 17.3 Å². The fourth-order valence-electron chi connectivity index (χ4n) is 2.64. The van der Waals surface area contributed by atoms with Crippen LogP contribution in [0.25, 0.3) is 0 Å². The van der Waals surface area contributed by atoms with Gasteiger partial charge in [0.2, 0.25) is 5.95 Å². The van der Waals surface area contributed by atoms with Gasteiger partial charge in [-0.15, -0.1) is 0 Å². The van der Waals surface area contributed by atoms with Gasteiger partial charge in [0.05, 0.1) is 4.92 Å². The monoisotopic (exact) mass is 299 g/mol. The van der Waals surface area contributed by atoms with Gasteiger partial charge in [-0.3, -0.25) is 10.1 Å². The number of aryl methyl sites for hydroxylation is 1. The Labute approximate surface area is 128 Å². The topological polar surface area (TPSA) is 75.4 Å². The first-order valence-electron chi connectivity index (χ1n) is 7.17. The fraction of sp³-hybridized carbons (Fsp3) is 0.333. The number of benzene rings is 1. The summed E-state index contributed by atoms with van der Waals surface area (Å²) in [6, 6.07) is 8.34. The van der Waals surface area contributed by atoms with Crippen LogP contribution >= 0.6 is 0 Å². The maximum atomic E-state index is 10.6. The molecule has 0 unspecified atom stereocenters. The van der Waals surface area contributed by atoms with E-state index < -0.39 is 4.92 Å². The lowest BCUT2D eigenvalue weighted by molar-refractivity contribution is -0.385. The van der Waals surface area contributed by atoms with E-state index in [1.54, 1.807) is 0 Å². The molecule has 1 saturated heterocycles. The van der Waals surface area contributed by atoms with Gasteiger partial charge in [-0.2, -0.15) is 0 Å². The Morgan fingerprint density at radius 1 is 1.05 bits per heavy atom. The van der Waals surface area contributed by atoms with E-state index in [2.05, 4.69) is 38.8 Å². The van der Waals surface area contributed by atoms with Crippen molar-refractivity contribution in [2.24, 2.45) is 0 Å². The highest BCUT2D eigenvalue weighted by Crippen LogP contribution is 2.22. The standard InChI is InChI=1S/C15H17N5O2/c1-12-4-2-3-5-14(12)18-6-8-19(9-7-18)15-16-10-13(11-17-15)20(21)22/h2-5,10-11H,6-9H2,1H3. The van der Waals surface area contributed by atoms with Crippen LogP contribution in [-0.4, -0.2) is 41.1 Å². The van der Waals surface area contributed by atoms with E-state index in [1.807, 2.05) is 12.1 Å². The summed E-state index contributed by atoms with van der Waals surface area (Å²) in [4.78, 5) is 22.7. The number of piperazine rings is 1. The highest BCUT2D eigenvalue weighted by Gasteiger charge is 2.20. The van der Waals surface area contributed by atoms with Gasteiger partial charge in [0.1, 0.15) is 12.4 Å². The van der Waals surface area contributed by atoms with Gasteiger partial charge in [-0.25, -0.2) is 9.97 Å². The zero-order chi connectivity index (χ0) is 15.5. The molecule has 1 aromatic heterocycles. The van der Waals surface area contributed by atoms with Gasteiger partial charge in [0.15, 0.2) is 0 Å². The summed E-state index contributed by atoms with van der Waals surface area (Å²) in [7, 11) is 0. The van der Waals surface area contributed by atoms with Crippen LogP contribution in [0.15, 0.2) is 36.7 Å². The van der Waals surface area contributed by atoms with Gasteiger partial charge in [0.25, 0.3) is 0 Å². The summed E-state index contributed by atoms with van der Waals surface area (Å²) in [6.45, 7) is 5.47. The summed E-state index contributed by atoms with van der Waals surface area (Å²) >= 11 is 0. The first kappa shape index (κ1) is 14.2. The van der Waals surface area contributed by atoms with Gasteiger partial charge >= 0.3 is 5.69 Å². The third-order valence-electron chi connectivity index (χ3n) is 3.85. The molecule has 1 aliphatic rings. The third kappa shape index (κ3) is 2.83. The Kier molecular flexibility index (Phi) is 3.86. The Bertz CT molecular complexity index is 666. The molecule has 7 nitrogen and oxygen atoms in total. The van der Waals surface area contributed by atoms with Gasteiger partial charge in [-0.1, -0.05) is 18.2 Å². The van der Waals surface area contributed by atoms with Crippen molar-refractivity contribution in [1.29, 1.82) is 0 Å². The van der Waals surface area contributed by atoms with Crippen LogP contribution in [0.2, 0.25) is 0 Å². The van der Waals surface area contributed by atoms with Crippen molar-refractivity contribution in [3.05, 3.63) is 52.3 Å². The zero-order valence-electron chi connectivity index (χ0n) is 12.3. The summed E-state index contributed by atoms with van der Waals surface area (Å²) in [5, 5.41) is 10.6. The second-order valence-corrected chi connectivity index (χ2v) is 5.26. The van der Waals surface area contributed by atoms with Crippen molar-refractivity contribution in [3.63, 3.8) is 0 Å². The average Bonchev–Trinajstić information content (AvgIpc) is 2.56. The van der Waals surface area contributed by atoms with E-state index in [9.17, 15) is 10.1 Å². The van der Waals surface area contributed by atoms with Gasteiger partial charge in [-0.05, 0) is 18.6 Å². The summed E-state index contributed by atoms with van der Waals surface area (Å²) in [5.74, 6) is 0.551. The Morgan fingerprint density at radius 3 is 2.23 bits per heavy atom. The minimum absolute atomic E-state index is 0.0812. The molecule has 0 atom stereocenters. The predicted octanol–water partition coefficient (Wildman–Crippen LogP) is 2.02. The van der Waals surface area contributed by atoms with Crippen molar-refractivity contribution in [1.82, 2.24) is 9.97 Å². The van der Waals surface area contributed by atoms with E-state index in [4.69, 9.17) is 0 Å². The smallest absolute Gasteiger partial charge is 0.305 e. The maximum Gasteiger partial charge on any atom is 0.305 e. The largest absolute Gasteiger partial charge is 0.368 e. The van der Waals surface area contributed by atoms with E-state index in [0.717, 1.165) is 26.2 Å². The minimum atomic E-state index is -0.486. The van der Waals surface area contributed by atoms with Crippen LogP contribution in [0, 0.1) is 17.0 Å². The fourth-order valence-corrected chi connectivity index (χ4v) is 2.64. The maximum absolute atomic E-state index is 10.6. The first-order valence-corrected chi connectivity index (χ1v) is 7.17. The molecule has 0 aliphatic carbocycles. The Balaban J connectivity index is 1.66. The number of hydrogen-bond acceptors (Lipinski definition) is 6. The lowest BCUT2D eigenvalue weighted by atomic mass is 10.1. The summed E-state index contributed by atoms with van der Waals surface area (Å²) in [5.41, 5.74) is 2.44. The summed E-state index contributed by atoms with van der Waals surface area (Å²) < 4.78 is 0. The van der Waals surface area contributed by atoms with Crippen LogP contribution in [0.5, 0.6) is 0 Å². The molecule has 1 aromatic carbocycles. The third-order valence-corrected chi connectivity index (χ3v) is 3.85. The normalized spacial score (nSPS) is 15.0. The predicted molar refractivity (Wildman–Crippen MR) is 84.3 cm³/mol. The SMILES string of the molecule is Cc1ccccc1N1CCN(c2ncc([N+](=O)[O-])cn2)CC1. The zero-order valence-corrected chi connectivity index (χ0v) is 12.3. The Morgan fingerprint density at radius 2 is 1.64 bits per heavy atom. The number of rotatable bonds is 3. The Hall–Kier alpha value is -2.70. The van der Waals surface area contributed by atoms with E-state index >= 15 is 0 Å². The average molecular weight is 299 g/mol. The molecule has 1 fully saturated rings. The van der Waals surface area contributed by atoms with Crippen molar-refractivity contribution in [3.8, 4) is 0 Å². The van der Waals surface area contributed by atoms with Crippen LogP contribution in [0.4, 0.5) is 17.3 Å². The summed E-state index contributed by atoms with van der Waals surface area (Å²) in [6.07, 6.45) is 2.52. The quantitative estimate of drug-likeness (QED) is 0.637. The molecule has 22 heavy (non-hydrogen) atoms. The minimum Gasteiger partial charge on any atom is -0.368 e. The van der Waals surface area contributed by atoms with Crippen LogP contribution in [0.3, 0.4) is 0 Å². The molecule has 3 rings (SSSR count). The molecule has 2 aromatic rings. The van der Waals surface area contributed by atoms with E-state index in [0.29, 0.717) is 5.95 Å². The lowest BCUT2D eigenvalue weighted by Crippen LogP contribution is -2.47. The molecular formula is C15H17N5O2. The number of aromatic nitrogens is 2. The molecule has 114 valence electrons. The highest BCUT2D eigenvalue weighted by atomic mass is 16.6. The number of anilines is 2. The molecule has 0 N–H and O–H groups in total. The molecule has 0 radical (unpaired) electrons. The number of para-hydroxylation sites is 1. The second kappa shape index (κ2) is 5.97. The van der Waals surface area contributed by atoms with Crippen molar-refractivity contribution < 1.29 is 4.92 Å². The lowest BCUT2D eigenvalue weighted by Gasteiger charge is -2.36. The molecule has 1 aliphatic heterocycles. The van der Waals surface area contributed by atoms with Crippen molar-refractivity contribution in [2.45, 2.75) is 6.92 Å². The van der Waals surface area contributed by atoms with Crippen LogP contribution in [0.1, 0.15) is 5.56 Å². The molecule has 0 spiro atoms. The molecule has 0 amide bonds. The molecule has 2 heterocycles. The van der Waals surface area contributed by atoms with Gasteiger partial charge < -0.3 is 9.80 Å². The highest BCUT2D eigenvalue weighted by molar-refractivity contribution is 5.54. The number of hydrogen-bond donors (Lipinski definition) is 0. The van der Waals surface area contributed by atoms with Crippen LogP contribution < -0.4 is 9.80 Å². The molecular weight excluding hydrogens is 282 g/mol.